The summed E-state index contributed by atoms with van der Waals surface area (Å²) in [7, 11) is 1.60. The van der Waals surface area contributed by atoms with Crippen molar-refractivity contribution in [3.63, 3.8) is 0 Å². The van der Waals surface area contributed by atoms with E-state index in [4.69, 9.17) is 16.3 Å². The summed E-state index contributed by atoms with van der Waals surface area (Å²) in [4.78, 5) is 26.6. The molecule has 3 aromatic rings. The second-order valence-electron chi connectivity index (χ2n) is 6.86. The van der Waals surface area contributed by atoms with E-state index in [1.807, 2.05) is 48.5 Å². The van der Waals surface area contributed by atoms with Gasteiger partial charge in [-0.3, -0.25) is 9.59 Å². The Bertz CT molecular complexity index is 1180. The smallest absolute Gasteiger partial charge is 0.262 e. The minimum atomic E-state index is -0.213. The lowest BCUT2D eigenvalue weighted by atomic mass is 10.1. The van der Waals surface area contributed by atoms with Crippen molar-refractivity contribution in [1.82, 2.24) is 5.32 Å². The fourth-order valence-electron chi connectivity index (χ4n) is 3.07. The zero-order chi connectivity index (χ0) is 21.8. The molecule has 0 saturated heterocycles. The van der Waals surface area contributed by atoms with Crippen molar-refractivity contribution in [2.75, 3.05) is 12.4 Å². The number of thioether (sulfide) groups is 1. The van der Waals surface area contributed by atoms with Gasteiger partial charge in [-0.05, 0) is 59.7 Å². The van der Waals surface area contributed by atoms with Gasteiger partial charge in [-0.15, -0.1) is 0 Å². The second-order valence-corrected chi connectivity index (χ2v) is 8.38. The summed E-state index contributed by atoms with van der Waals surface area (Å²) >= 11 is 7.25. The topological polar surface area (TPSA) is 67.4 Å². The van der Waals surface area contributed by atoms with Crippen LogP contribution in [-0.2, 0) is 11.3 Å². The van der Waals surface area contributed by atoms with Gasteiger partial charge < -0.3 is 15.4 Å². The van der Waals surface area contributed by atoms with E-state index in [2.05, 4.69) is 10.6 Å². The van der Waals surface area contributed by atoms with E-state index in [1.165, 1.54) is 11.8 Å². The number of halogens is 1. The highest BCUT2D eigenvalue weighted by atomic mass is 35.5. The number of amides is 2. The summed E-state index contributed by atoms with van der Waals surface area (Å²) in [6, 6.07) is 20.1. The van der Waals surface area contributed by atoms with Crippen molar-refractivity contribution in [3.05, 3.63) is 93.3 Å². The van der Waals surface area contributed by atoms with Gasteiger partial charge in [0.2, 0.25) is 0 Å². The third-order valence-corrected chi connectivity index (χ3v) is 6.04. The van der Waals surface area contributed by atoms with Crippen LogP contribution < -0.4 is 15.4 Å². The third-order valence-electron chi connectivity index (χ3n) is 4.69. The fourth-order valence-corrected chi connectivity index (χ4v) is 4.13. The summed E-state index contributed by atoms with van der Waals surface area (Å²) in [6.45, 7) is 0.390. The van der Waals surface area contributed by atoms with Gasteiger partial charge in [0.1, 0.15) is 5.75 Å². The molecule has 0 fully saturated rings. The van der Waals surface area contributed by atoms with E-state index in [-0.39, 0.29) is 11.8 Å². The average molecular weight is 451 g/mol. The molecule has 0 saturated carbocycles. The number of hydrogen-bond acceptors (Lipinski definition) is 4. The van der Waals surface area contributed by atoms with Gasteiger partial charge in [0.05, 0.1) is 17.7 Å². The van der Waals surface area contributed by atoms with E-state index in [9.17, 15) is 9.59 Å². The first-order valence-electron chi connectivity index (χ1n) is 9.53. The van der Waals surface area contributed by atoms with Crippen molar-refractivity contribution in [1.29, 1.82) is 0 Å². The summed E-state index contributed by atoms with van der Waals surface area (Å²) in [6.07, 6.45) is 1.82. The summed E-state index contributed by atoms with van der Waals surface area (Å²) in [5, 5.41) is 6.41. The maximum Gasteiger partial charge on any atom is 0.262 e. The van der Waals surface area contributed by atoms with Crippen LogP contribution in [0.3, 0.4) is 0 Å². The Morgan fingerprint density at radius 3 is 2.71 bits per heavy atom. The molecule has 1 heterocycles. The lowest BCUT2D eigenvalue weighted by molar-refractivity contribution is -0.112. The molecule has 0 radical (unpaired) electrons. The normalized spacial score (nSPS) is 14.0. The van der Waals surface area contributed by atoms with Crippen LogP contribution in [0.4, 0.5) is 5.69 Å². The number of fused-ring (bicyclic) bond motifs is 1. The number of nitrogens with one attached hydrogen (secondary N) is 2. The van der Waals surface area contributed by atoms with E-state index >= 15 is 0 Å². The highest BCUT2D eigenvalue weighted by molar-refractivity contribution is 8.04. The Balaban J connectivity index is 1.47. The molecule has 1 aliphatic rings. The number of carbonyl (C=O) groups is 2. The predicted molar refractivity (Wildman–Crippen MR) is 125 cm³/mol. The van der Waals surface area contributed by atoms with E-state index in [0.717, 1.165) is 21.8 Å². The molecular weight excluding hydrogens is 432 g/mol. The molecular formula is C24H19ClN2O3S. The lowest BCUT2D eigenvalue weighted by Gasteiger charge is -2.19. The van der Waals surface area contributed by atoms with Crippen LogP contribution in [0.15, 0.2) is 76.5 Å². The zero-order valence-corrected chi connectivity index (χ0v) is 18.2. The molecule has 2 N–H and O–H groups in total. The molecule has 0 unspecified atom stereocenters. The number of benzene rings is 3. The summed E-state index contributed by atoms with van der Waals surface area (Å²) < 4.78 is 5.24. The first-order valence-corrected chi connectivity index (χ1v) is 10.7. The van der Waals surface area contributed by atoms with Gasteiger partial charge in [-0.2, -0.15) is 0 Å². The Kier molecular flexibility index (Phi) is 6.30. The number of anilines is 1. The first-order chi connectivity index (χ1) is 15.0. The van der Waals surface area contributed by atoms with Crippen LogP contribution in [0.1, 0.15) is 21.5 Å². The molecule has 0 spiro atoms. The first kappa shape index (κ1) is 21.0. The maximum atomic E-state index is 12.6. The van der Waals surface area contributed by atoms with Crippen LogP contribution in [0.5, 0.6) is 5.75 Å². The lowest BCUT2D eigenvalue weighted by Crippen LogP contribution is -2.23. The van der Waals surface area contributed by atoms with Gasteiger partial charge >= 0.3 is 0 Å². The molecule has 31 heavy (non-hydrogen) atoms. The molecule has 0 aromatic heterocycles. The molecule has 0 aliphatic carbocycles. The number of methoxy groups -OCH3 is 1. The van der Waals surface area contributed by atoms with Crippen LogP contribution in [0, 0.1) is 0 Å². The van der Waals surface area contributed by atoms with Crippen molar-refractivity contribution in [2.24, 2.45) is 0 Å². The van der Waals surface area contributed by atoms with Gasteiger partial charge in [-0.1, -0.05) is 47.6 Å². The Labute approximate surface area is 189 Å². The van der Waals surface area contributed by atoms with E-state index in [1.54, 1.807) is 31.4 Å². The van der Waals surface area contributed by atoms with Crippen LogP contribution in [0.2, 0.25) is 5.02 Å². The molecule has 0 bridgehead atoms. The van der Waals surface area contributed by atoms with Crippen LogP contribution >= 0.6 is 23.4 Å². The minimum Gasteiger partial charge on any atom is -0.497 e. The molecule has 4 rings (SSSR count). The number of carbonyl (C=O) groups excluding carboxylic acids is 2. The average Bonchev–Trinajstić information content (AvgIpc) is 2.79. The van der Waals surface area contributed by atoms with Gasteiger partial charge in [0.15, 0.2) is 0 Å². The molecule has 1 aliphatic heterocycles. The zero-order valence-electron chi connectivity index (χ0n) is 16.6. The fraction of sp³-hybridized carbons (Fsp3) is 0.0833. The molecule has 7 heteroatoms. The number of ether oxygens (including phenoxy) is 1. The standard InChI is InChI=1S/C24H19ClN2O3S/c1-30-19-4-2-3-16(11-19)12-22-24(29)27-20-13-17(7-10-21(20)31-22)23(28)26-14-15-5-8-18(25)9-6-15/h2-13H,14H2,1H3,(H,26,28)(H,27,29). The third kappa shape index (κ3) is 5.10. The molecule has 0 atom stereocenters. The highest BCUT2D eigenvalue weighted by Gasteiger charge is 2.22. The van der Waals surface area contributed by atoms with Gasteiger partial charge in [-0.25, -0.2) is 0 Å². The largest absolute Gasteiger partial charge is 0.497 e. The van der Waals surface area contributed by atoms with Gasteiger partial charge in [0.25, 0.3) is 11.8 Å². The van der Waals surface area contributed by atoms with Crippen molar-refractivity contribution in [3.8, 4) is 5.75 Å². The quantitative estimate of drug-likeness (QED) is 0.513. The van der Waals surface area contributed by atoms with Crippen molar-refractivity contribution in [2.45, 2.75) is 11.4 Å². The Morgan fingerprint density at radius 1 is 1.13 bits per heavy atom. The maximum absolute atomic E-state index is 12.6. The molecule has 156 valence electrons. The SMILES string of the molecule is COc1cccc(C=C2Sc3ccc(C(=O)NCc4ccc(Cl)cc4)cc3NC2=O)c1. The minimum absolute atomic E-state index is 0.209. The van der Waals surface area contributed by atoms with Crippen LogP contribution in [-0.4, -0.2) is 18.9 Å². The highest BCUT2D eigenvalue weighted by Crippen LogP contribution is 2.39. The molecule has 5 nitrogen and oxygen atoms in total. The molecule has 3 aromatic carbocycles. The van der Waals surface area contributed by atoms with E-state index < -0.39 is 0 Å². The van der Waals surface area contributed by atoms with Crippen LogP contribution in [0.25, 0.3) is 6.08 Å². The monoisotopic (exact) mass is 450 g/mol. The number of rotatable bonds is 5. The Morgan fingerprint density at radius 2 is 1.94 bits per heavy atom. The van der Waals surface area contributed by atoms with E-state index in [0.29, 0.717) is 27.7 Å². The van der Waals surface area contributed by atoms with Gasteiger partial charge in [0, 0.05) is 22.0 Å². The van der Waals surface area contributed by atoms with Crippen molar-refractivity contribution < 1.29 is 14.3 Å². The number of hydrogen-bond donors (Lipinski definition) is 2. The Hall–Kier alpha value is -3.22. The second kappa shape index (κ2) is 9.29. The summed E-state index contributed by atoms with van der Waals surface area (Å²) in [5.74, 6) is 0.305. The van der Waals surface area contributed by atoms with Crippen molar-refractivity contribution >= 4 is 46.9 Å². The summed E-state index contributed by atoms with van der Waals surface area (Å²) in [5.41, 5.74) is 2.93. The molecule has 2 amide bonds. The predicted octanol–water partition coefficient (Wildman–Crippen LogP) is 5.36.